The summed E-state index contributed by atoms with van der Waals surface area (Å²) in [6.07, 6.45) is 0. The van der Waals surface area contributed by atoms with E-state index in [4.69, 9.17) is 0 Å². The minimum atomic E-state index is -0.604. The van der Waals surface area contributed by atoms with Crippen molar-refractivity contribution < 1.29 is 0 Å². The number of rotatable bonds is 6. The Morgan fingerprint density at radius 2 is 0.714 bits per heavy atom. The van der Waals surface area contributed by atoms with Crippen molar-refractivity contribution in [2.45, 2.75) is 96.3 Å². The van der Waals surface area contributed by atoms with E-state index in [1.807, 2.05) is 0 Å². The van der Waals surface area contributed by atoms with E-state index in [9.17, 15) is 0 Å². The summed E-state index contributed by atoms with van der Waals surface area (Å²) in [4.78, 5) is 2.58. The molecule has 344 valence electrons. The Labute approximate surface area is 416 Å². The third kappa shape index (κ3) is 6.36. The van der Waals surface area contributed by atoms with E-state index in [-0.39, 0.29) is 21.7 Å². The van der Waals surface area contributed by atoms with Crippen LogP contribution in [0.1, 0.15) is 125 Å². The third-order valence-electron chi connectivity index (χ3n) is 16.5. The van der Waals surface area contributed by atoms with Gasteiger partial charge in [0, 0.05) is 27.8 Å². The molecule has 0 heterocycles. The van der Waals surface area contributed by atoms with Gasteiger partial charge in [-0.15, -0.1) is 0 Å². The molecule has 12 rings (SSSR count). The Bertz CT molecular complexity index is 3520. The van der Waals surface area contributed by atoms with Crippen molar-refractivity contribution >= 4 is 17.1 Å². The quantitative estimate of drug-likeness (QED) is 0.161. The first kappa shape index (κ1) is 44.0. The summed E-state index contributed by atoms with van der Waals surface area (Å²) in [6.45, 7) is 23.6. The molecule has 0 aliphatic heterocycles. The van der Waals surface area contributed by atoms with Crippen molar-refractivity contribution in [2.75, 3.05) is 4.90 Å². The number of anilines is 3. The van der Waals surface area contributed by atoms with Gasteiger partial charge in [0.15, 0.2) is 0 Å². The number of fused-ring (bicyclic) bond motifs is 9. The second-order valence-electron chi connectivity index (χ2n) is 23.3. The van der Waals surface area contributed by atoms with Crippen molar-refractivity contribution in [3.63, 3.8) is 0 Å². The highest BCUT2D eigenvalue weighted by atomic mass is 15.1. The van der Waals surface area contributed by atoms with Crippen LogP contribution in [0.2, 0.25) is 0 Å². The normalized spacial score (nSPS) is 15.3. The topological polar surface area (TPSA) is 3.24 Å². The number of hydrogen-bond donors (Lipinski definition) is 0. The van der Waals surface area contributed by atoms with Crippen molar-refractivity contribution in [2.24, 2.45) is 0 Å². The first-order chi connectivity index (χ1) is 33.5. The van der Waals surface area contributed by atoms with E-state index in [0.29, 0.717) is 0 Å². The Balaban J connectivity index is 1.16. The van der Waals surface area contributed by atoms with Gasteiger partial charge in [-0.25, -0.2) is 0 Å². The zero-order valence-electron chi connectivity index (χ0n) is 42.5. The predicted octanol–water partition coefficient (Wildman–Crippen LogP) is 18.4. The Morgan fingerprint density at radius 1 is 0.314 bits per heavy atom. The maximum absolute atomic E-state index is 2.58. The van der Waals surface area contributed by atoms with Gasteiger partial charge in [0.05, 0.1) is 11.1 Å². The standard InChI is InChI=1S/C69H63N/c1-65(2,3)44-22-19-24-46(40-44)69(47-25-20-23-45(41-47)66(4,5)6)60-34-17-13-27-51(60)54-39-37-49(43-62(54)69)70(48-36-38-53-50-26-11-15-32-58(50)67(7,8)61(53)42-48)63-35-18-14-29-55(63)57-31-21-30-56-52-28-12-16-33-59(52)68(9,10)64(56)57/h11-43H,1-10H3. The monoisotopic (exact) mass is 905 g/mol. The molecule has 0 saturated heterocycles. The van der Waals surface area contributed by atoms with Gasteiger partial charge in [-0.1, -0.05) is 239 Å². The second-order valence-corrected chi connectivity index (χ2v) is 23.3. The lowest BCUT2D eigenvalue weighted by atomic mass is 9.66. The lowest BCUT2D eigenvalue weighted by molar-refractivity contribution is 0.585. The van der Waals surface area contributed by atoms with Crippen molar-refractivity contribution in [1.29, 1.82) is 0 Å². The van der Waals surface area contributed by atoms with Crippen LogP contribution in [0.15, 0.2) is 200 Å². The van der Waals surface area contributed by atoms with Crippen molar-refractivity contribution in [3.8, 4) is 44.5 Å². The van der Waals surface area contributed by atoms with E-state index in [2.05, 4.69) is 274 Å². The van der Waals surface area contributed by atoms with Crippen molar-refractivity contribution in [3.05, 3.63) is 256 Å². The van der Waals surface area contributed by atoms with Crippen LogP contribution in [0.25, 0.3) is 44.5 Å². The molecule has 70 heavy (non-hydrogen) atoms. The van der Waals surface area contributed by atoms with Crippen LogP contribution in [-0.4, -0.2) is 0 Å². The highest BCUT2D eigenvalue weighted by Crippen LogP contribution is 2.60. The molecule has 0 spiro atoms. The lowest BCUT2D eigenvalue weighted by Crippen LogP contribution is -2.30. The zero-order valence-corrected chi connectivity index (χ0v) is 42.5. The largest absolute Gasteiger partial charge is 0.310 e. The average molecular weight is 906 g/mol. The van der Waals surface area contributed by atoms with Crippen LogP contribution in [0.4, 0.5) is 17.1 Å². The molecular formula is C69H63N. The summed E-state index contributed by atoms with van der Waals surface area (Å²) in [5.74, 6) is 0. The maximum atomic E-state index is 2.58. The molecule has 0 fully saturated rings. The molecule has 0 saturated carbocycles. The van der Waals surface area contributed by atoms with Crippen LogP contribution >= 0.6 is 0 Å². The molecule has 0 amide bonds. The molecule has 3 aliphatic carbocycles. The van der Waals surface area contributed by atoms with E-state index in [1.165, 1.54) is 100 Å². The van der Waals surface area contributed by atoms with Gasteiger partial charge in [-0.05, 0) is 136 Å². The molecule has 1 heteroatoms. The third-order valence-corrected chi connectivity index (χ3v) is 16.5. The van der Waals surface area contributed by atoms with E-state index >= 15 is 0 Å². The average Bonchev–Trinajstić information content (AvgIpc) is 3.88. The minimum absolute atomic E-state index is 0.0394. The fourth-order valence-corrected chi connectivity index (χ4v) is 12.9. The molecule has 0 bridgehead atoms. The van der Waals surface area contributed by atoms with Gasteiger partial charge in [0.25, 0.3) is 0 Å². The summed E-state index contributed by atoms with van der Waals surface area (Å²) >= 11 is 0. The number of nitrogens with zero attached hydrogens (tertiary/aromatic N) is 1. The molecule has 0 N–H and O–H groups in total. The number of benzene rings is 9. The van der Waals surface area contributed by atoms with Crippen LogP contribution in [0.5, 0.6) is 0 Å². The molecule has 0 unspecified atom stereocenters. The van der Waals surface area contributed by atoms with Gasteiger partial charge in [-0.3, -0.25) is 0 Å². The fourth-order valence-electron chi connectivity index (χ4n) is 12.9. The first-order valence-corrected chi connectivity index (χ1v) is 25.3. The maximum Gasteiger partial charge on any atom is 0.0714 e. The smallest absolute Gasteiger partial charge is 0.0714 e. The summed E-state index contributed by atoms with van der Waals surface area (Å²) in [5, 5.41) is 0. The molecule has 0 aromatic heterocycles. The fraction of sp³-hybridized carbons (Fsp3) is 0.217. The van der Waals surface area contributed by atoms with E-state index in [0.717, 1.165) is 17.1 Å². The first-order valence-electron chi connectivity index (χ1n) is 25.3. The summed E-state index contributed by atoms with van der Waals surface area (Å²) < 4.78 is 0. The molecule has 3 aliphatic rings. The SMILES string of the molecule is CC(C)(C)c1cccc(C2(c3cccc(C(C)(C)C)c3)c3ccccc3-c3ccc(N(c4ccc5c(c4)C(C)(C)c4ccccc4-5)c4ccccc4-c4cccc5c4C(C)(C)c4ccccc4-5)cc32)c1. The summed E-state index contributed by atoms with van der Waals surface area (Å²) in [6, 6.07) is 76.9. The second kappa shape index (κ2) is 15.4. The van der Waals surface area contributed by atoms with Gasteiger partial charge in [0.1, 0.15) is 0 Å². The Kier molecular flexibility index (Phi) is 9.68. The van der Waals surface area contributed by atoms with Gasteiger partial charge in [0.2, 0.25) is 0 Å². The van der Waals surface area contributed by atoms with E-state index < -0.39 is 5.41 Å². The summed E-state index contributed by atoms with van der Waals surface area (Å²) in [7, 11) is 0. The van der Waals surface area contributed by atoms with Gasteiger partial charge >= 0.3 is 0 Å². The predicted molar refractivity (Wildman–Crippen MR) is 296 cm³/mol. The van der Waals surface area contributed by atoms with Crippen LogP contribution in [-0.2, 0) is 27.1 Å². The summed E-state index contributed by atoms with van der Waals surface area (Å²) in [5.41, 5.74) is 26.1. The van der Waals surface area contributed by atoms with Crippen LogP contribution in [0, 0.1) is 0 Å². The Morgan fingerprint density at radius 3 is 1.29 bits per heavy atom. The highest BCUT2D eigenvalue weighted by Gasteiger charge is 2.47. The molecule has 1 nitrogen and oxygen atoms in total. The van der Waals surface area contributed by atoms with Gasteiger partial charge in [-0.2, -0.15) is 0 Å². The number of hydrogen-bond acceptors (Lipinski definition) is 1. The molecule has 0 radical (unpaired) electrons. The van der Waals surface area contributed by atoms with Crippen LogP contribution < -0.4 is 4.90 Å². The van der Waals surface area contributed by atoms with Crippen molar-refractivity contribution in [1.82, 2.24) is 0 Å². The van der Waals surface area contributed by atoms with Gasteiger partial charge < -0.3 is 4.90 Å². The minimum Gasteiger partial charge on any atom is -0.310 e. The van der Waals surface area contributed by atoms with E-state index in [1.54, 1.807) is 0 Å². The molecule has 9 aromatic rings. The molecule has 0 atom stereocenters. The molecular weight excluding hydrogens is 843 g/mol. The zero-order chi connectivity index (χ0) is 48.5. The highest BCUT2D eigenvalue weighted by molar-refractivity contribution is 5.97. The number of para-hydroxylation sites is 1. The lowest BCUT2D eigenvalue weighted by Gasteiger charge is -2.37. The molecule has 9 aromatic carbocycles. The van der Waals surface area contributed by atoms with Crippen LogP contribution in [0.3, 0.4) is 0 Å². The Hall–Kier alpha value is -7.22.